The van der Waals surface area contributed by atoms with Crippen LogP contribution >= 0.6 is 11.6 Å². The van der Waals surface area contributed by atoms with Crippen LogP contribution in [-0.4, -0.2) is 23.5 Å². The van der Waals surface area contributed by atoms with Crippen molar-refractivity contribution in [2.24, 2.45) is 11.1 Å². The molecule has 0 aromatic heterocycles. The van der Waals surface area contributed by atoms with Gasteiger partial charge in [0.25, 0.3) is 0 Å². The minimum Gasteiger partial charge on any atom is -0.478 e. The summed E-state index contributed by atoms with van der Waals surface area (Å²) in [7, 11) is 0. The van der Waals surface area contributed by atoms with Gasteiger partial charge in [0.05, 0.1) is 11.3 Å². The SMILES string of the molecule is CC(C)(CCN)CCC(=O)Nc1ccc(Cl)cc1C(=O)O. The lowest BCUT2D eigenvalue weighted by Gasteiger charge is -2.23. The van der Waals surface area contributed by atoms with Gasteiger partial charge in [0.2, 0.25) is 5.91 Å². The summed E-state index contributed by atoms with van der Waals surface area (Å²) in [4.78, 5) is 23.1. The maximum Gasteiger partial charge on any atom is 0.337 e. The first-order valence-corrected chi connectivity index (χ1v) is 7.16. The second-order valence-corrected chi connectivity index (χ2v) is 6.18. The van der Waals surface area contributed by atoms with Crippen LogP contribution in [0.2, 0.25) is 5.02 Å². The number of hydrogen-bond donors (Lipinski definition) is 3. The van der Waals surface area contributed by atoms with Crippen molar-refractivity contribution in [1.29, 1.82) is 0 Å². The van der Waals surface area contributed by atoms with Crippen molar-refractivity contribution in [3.8, 4) is 0 Å². The number of carboxylic acid groups (broad SMARTS) is 1. The van der Waals surface area contributed by atoms with E-state index >= 15 is 0 Å². The van der Waals surface area contributed by atoms with Crippen molar-refractivity contribution >= 4 is 29.2 Å². The van der Waals surface area contributed by atoms with Gasteiger partial charge < -0.3 is 16.2 Å². The maximum atomic E-state index is 12.0. The molecule has 0 aliphatic heterocycles. The normalized spacial score (nSPS) is 11.2. The fourth-order valence-corrected chi connectivity index (χ4v) is 2.15. The highest BCUT2D eigenvalue weighted by Gasteiger charge is 2.19. The lowest BCUT2D eigenvalue weighted by Crippen LogP contribution is -2.21. The molecule has 0 radical (unpaired) electrons. The van der Waals surface area contributed by atoms with Crippen LogP contribution in [0.15, 0.2) is 18.2 Å². The summed E-state index contributed by atoms with van der Waals surface area (Å²) in [5.41, 5.74) is 5.76. The molecule has 0 heterocycles. The molecular weight excluding hydrogens is 292 g/mol. The van der Waals surface area contributed by atoms with Crippen LogP contribution in [0.3, 0.4) is 0 Å². The molecule has 1 aromatic rings. The second-order valence-electron chi connectivity index (χ2n) is 5.75. The second kappa shape index (κ2) is 7.43. The van der Waals surface area contributed by atoms with Crippen LogP contribution in [0.1, 0.15) is 43.5 Å². The molecule has 21 heavy (non-hydrogen) atoms. The first-order valence-electron chi connectivity index (χ1n) is 6.78. The number of rotatable bonds is 7. The molecule has 0 saturated carbocycles. The molecule has 0 aliphatic rings. The van der Waals surface area contributed by atoms with Gasteiger partial charge in [-0.05, 0) is 43.0 Å². The van der Waals surface area contributed by atoms with Crippen LogP contribution in [0.4, 0.5) is 5.69 Å². The monoisotopic (exact) mass is 312 g/mol. The van der Waals surface area contributed by atoms with Crippen molar-refractivity contribution in [2.45, 2.75) is 33.1 Å². The predicted octanol–water partition coefficient (Wildman–Crippen LogP) is 3.13. The fourth-order valence-electron chi connectivity index (χ4n) is 1.98. The van der Waals surface area contributed by atoms with Crippen LogP contribution in [0, 0.1) is 5.41 Å². The quantitative estimate of drug-likeness (QED) is 0.721. The Kier molecular flexibility index (Phi) is 6.18. The number of halogens is 1. The Labute approximate surface area is 129 Å². The van der Waals surface area contributed by atoms with E-state index in [0.717, 1.165) is 6.42 Å². The summed E-state index contributed by atoms with van der Waals surface area (Å²) in [6.07, 6.45) is 1.84. The Balaban J connectivity index is 2.69. The summed E-state index contributed by atoms with van der Waals surface area (Å²) < 4.78 is 0. The summed E-state index contributed by atoms with van der Waals surface area (Å²) >= 11 is 5.77. The smallest absolute Gasteiger partial charge is 0.337 e. The third-order valence-corrected chi connectivity index (χ3v) is 3.57. The molecular formula is C15H21ClN2O3. The number of aromatic carboxylic acids is 1. The number of nitrogens with one attached hydrogen (secondary N) is 1. The largest absolute Gasteiger partial charge is 0.478 e. The van der Waals surface area contributed by atoms with Gasteiger partial charge in [-0.1, -0.05) is 25.4 Å². The Morgan fingerprint density at radius 1 is 1.33 bits per heavy atom. The minimum atomic E-state index is -1.13. The number of carboxylic acids is 1. The Hall–Kier alpha value is -1.59. The van der Waals surface area contributed by atoms with E-state index in [2.05, 4.69) is 19.2 Å². The molecule has 0 fully saturated rings. The number of anilines is 1. The average Bonchev–Trinajstić information content (AvgIpc) is 2.38. The first kappa shape index (κ1) is 17.5. The number of amides is 1. The van der Waals surface area contributed by atoms with E-state index in [0.29, 0.717) is 24.4 Å². The molecule has 0 bridgehead atoms. The molecule has 0 saturated heterocycles. The Morgan fingerprint density at radius 2 is 2.00 bits per heavy atom. The molecule has 1 aromatic carbocycles. The lowest BCUT2D eigenvalue weighted by atomic mass is 9.84. The van der Waals surface area contributed by atoms with Crippen molar-refractivity contribution in [1.82, 2.24) is 0 Å². The van der Waals surface area contributed by atoms with Crippen LogP contribution < -0.4 is 11.1 Å². The number of benzene rings is 1. The summed E-state index contributed by atoms with van der Waals surface area (Å²) in [5, 5.41) is 12.0. The topological polar surface area (TPSA) is 92.4 Å². The van der Waals surface area contributed by atoms with Gasteiger partial charge in [0.1, 0.15) is 0 Å². The van der Waals surface area contributed by atoms with Gasteiger partial charge in [0.15, 0.2) is 0 Å². The average molecular weight is 313 g/mol. The summed E-state index contributed by atoms with van der Waals surface area (Å²) in [6.45, 7) is 4.69. The first-order chi connectivity index (χ1) is 9.75. The molecule has 0 atom stereocenters. The van der Waals surface area contributed by atoms with Gasteiger partial charge in [-0.25, -0.2) is 4.79 Å². The van der Waals surface area contributed by atoms with Gasteiger partial charge in [0, 0.05) is 11.4 Å². The van der Waals surface area contributed by atoms with Crippen molar-refractivity contribution in [3.63, 3.8) is 0 Å². The molecule has 116 valence electrons. The Bertz CT molecular complexity index is 530. The predicted molar refractivity (Wildman–Crippen MR) is 83.7 cm³/mol. The molecule has 1 rings (SSSR count). The summed E-state index contributed by atoms with van der Waals surface area (Å²) in [5.74, 6) is -1.35. The standard InChI is InChI=1S/C15H21ClN2O3/c1-15(2,7-8-17)6-5-13(19)18-12-4-3-10(16)9-11(12)14(20)21/h3-4,9H,5-8,17H2,1-2H3,(H,18,19)(H,20,21). The van der Waals surface area contributed by atoms with E-state index in [1.165, 1.54) is 12.1 Å². The number of carbonyl (C=O) groups excluding carboxylic acids is 1. The highest BCUT2D eigenvalue weighted by molar-refractivity contribution is 6.31. The van der Waals surface area contributed by atoms with Gasteiger partial charge in [-0.15, -0.1) is 0 Å². The van der Waals surface area contributed by atoms with Gasteiger partial charge in [-0.3, -0.25) is 4.79 Å². The number of carbonyl (C=O) groups is 2. The van der Waals surface area contributed by atoms with E-state index in [9.17, 15) is 9.59 Å². The minimum absolute atomic E-state index is 0.0122. The van der Waals surface area contributed by atoms with Crippen LogP contribution in [-0.2, 0) is 4.79 Å². The fraction of sp³-hybridized carbons (Fsp3) is 0.467. The van der Waals surface area contributed by atoms with Crippen LogP contribution in [0.25, 0.3) is 0 Å². The third-order valence-electron chi connectivity index (χ3n) is 3.34. The van der Waals surface area contributed by atoms with E-state index in [1.54, 1.807) is 6.07 Å². The van der Waals surface area contributed by atoms with E-state index in [1.807, 2.05) is 0 Å². The number of nitrogens with two attached hydrogens (primary N) is 1. The summed E-state index contributed by atoms with van der Waals surface area (Å²) in [6, 6.07) is 4.36. The van der Waals surface area contributed by atoms with Gasteiger partial charge >= 0.3 is 5.97 Å². The maximum absolute atomic E-state index is 12.0. The highest BCUT2D eigenvalue weighted by Crippen LogP contribution is 2.26. The van der Waals surface area contributed by atoms with E-state index < -0.39 is 5.97 Å². The molecule has 5 nitrogen and oxygen atoms in total. The zero-order chi connectivity index (χ0) is 16.0. The molecule has 4 N–H and O–H groups in total. The molecule has 0 aliphatic carbocycles. The highest BCUT2D eigenvalue weighted by atomic mass is 35.5. The lowest BCUT2D eigenvalue weighted by molar-refractivity contribution is -0.116. The van der Waals surface area contributed by atoms with E-state index in [4.69, 9.17) is 22.4 Å². The zero-order valence-corrected chi connectivity index (χ0v) is 13.0. The molecule has 6 heteroatoms. The van der Waals surface area contributed by atoms with Crippen LogP contribution in [0.5, 0.6) is 0 Å². The van der Waals surface area contributed by atoms with Gasteiger partial charge in [-0.2, -0.15) is 0 Å². The van der Waals surface area contributed by atoms with Crippen molar-refractivity contribution < 1.29 is 14.7 Å². The number of hydrogen-bond acceptors (Lipinski definition) is 3. The Morgan fingerprint density at radius 3 is 2.57 bits per heavy atom. The third kappa shape index (κ3) is 5.73. The molecule has 0 spiro atoms. The zero-order valence-electron chi connectivity index (χ0n) is 12.3. The van der Waals surface area contributed by atoms with E-state index in [-0.39, 0.29) is 22.6 Å². The molecule has 1 amide bonds. The van der Waals surface area contributed by atoms with Crippen molar-refractivity contribution in [3.05, 3.63) is 28.8 Å². The molecule has 0 unspecified atom stereocenters. The van der Waals surface area contributed by atoms with Crippen molar-refractivity contribution in [2.75, 3.05) is 11.9 Å².